The molecule has 2 heterocycles. The SMILES string of the molecule is COc1ccc(-c2noc(CCN3C(=O)[C@@H]4CC=CC[C@H]4C3=O)n2)cc1. The van der Waals surface area contributed by atoms with Crippen molar-refractivity contribution in [1.82, 2.24) is 15.0 Å². The molecule has 0 bridgehead atoms. The number of amides is 2. The lowest BCUT2D eigenvalue weighted by Crippen LogP contribution is -2.33. The summed E-state index contributed by atoms with van der Waals surface area (Å²) in [7, 11) is 1.61. The number of ether oxygens (including phenoxy) is 1. The molecule has 1 aromatic heterocycles. The number of benzene rings is 1. The van der Waals surface area contributed by atoms with Crippen LogP contribution in [0.15, 0.2) is 40.9 Å². The first-order valence-corrected chi connectivity index (χ1v) is 8.64. The molecule has 1 saturated heterocycles. The van der Waals surface area contributed by atoms with E-state index in [1.807, 2.05) is 36.4 Å². The Balaban J connectivity index is 1.42. The lowest BCUT2D eigenvalue weighted by atomic mass is 9.85. The van der Waals surface area contributed by atoms with Crippen molar-refractivity contribution in [3.05, 3.63) is 42.3 Å². The van der Waals surface area contributed by atoms with E-state index in [1.165, 1.54) is 4.90 Å². The predicted octanol–water partition coefficient (Wildman–Crippen LogP) is 2.24. The Morgan fingerprint density at radius 1 is 1.12 bits per heavy atom. The van der Waals surface area contributed by atoms with Gasteiger partial charge in [-0.05, 0) is 37.1 Å². The van der Waals surface area contributed by atoms with Gasteiger partial charge in [0.1, 0.15) is 5.75 Å². The van der Waals surface area contributed by atoms with E-state index in [9.17, 15) is 9.59 Å². The highest BCUT2D eigenvalue weighted by Crippen LogP contribution is 2.35. The Bertz CT molecular complexity index is 830. The first-order valence-electron chi connectivity index (χ1n) is 8.64. The summed E-state index contributed by atoms with van der Waals surface area (Å²) in [6.45, 7) is 0.273. The van der Waals surface area contributed by atoms with Crippen molar-refractivity contribution in [3.63, 3.8) is 0 Å². The Kier molecular flexibility index (Phi) is 4.28. The number of hydrogen-bond donors (Lipinski definition) is 0. The molecule has 2 aromatic rings. The minimum Gasteiger partial charge on any atom is -0.497 e. The Morgan fingerprint density at radius 3 is 2.38 bits per heavy atom. The van der Waals surface area contributed by atoms with Crippen molar-refractivity contribution in [1.29, 1.82) is 0 Å². The van der Waals surface area contributed by atoms with Gasteiger partial charge in [-0.25, -0.2) is 0 Å². The van der Waals surface area contributed by atoms with Crippen molar-refractivity contribution in [2.45, 2.75) is 19.3 Å². The van der Waals surface area contributed by atoms with Crippen molar-refractivity contribution >= 4 is 11.8 Å². The highest BCUT2D eigenvalue weighted by Gasteiger charge is 2.46. The zero-order valence-corrected chi connectivity index (χ0v) is 14.4. The van der Waals surface area contributed by atoms with E-state index in [1.54, 1.807) is 7.11 Å². The molecule has 2 amide bonds. The smallest absolute Gasteiger partial charge is 0.233 e. The maximum Gasteiger partial charge on any atom is 0.233 e. The number of likely N-dealkylation sites (tertiary alicyclic amines) is 1. The minimum atomic E-state index is -0.204. The molecule has 1 aromatic carbocycles. The van der Waals surface area contributed by atoms with Gasteiger partial charge in [0, 0.05) is 18.5 Å². The molecule has 134 valence electrons. The lowest BCUT2D eigenvalue weighted by Gasteiger charge is -2.14. The highest BCUT2D eigenvalue weighted by molar-refractivity contribution is 6.05. The number of methoxy groups -OCH3 is 1. The Morgan fingerprint density at radius 2 is 1.77 bits per heavy atom. The molecule has 1 fully saturated rings. The largest absolute Gasteiger partial charge is 0.497 e. The van der Waals surface area contributed by atoms with Crippen LogP contribution < -0.4 is 4.74 Å². The van der Waals surface area contributed by atoms with Gasteiger partial charge in [0.2, 0.25) is 23.5 Å². The summed E-state index contributed by atoms with van der Waals surface area (Å²) in [5.74, 6) is 1.05. The fourth-order valence-electron chi connectivity index (χ4n) is 3.51. The van der Waals surface area contributed by atoms with Gasteiger partial charge in [-0.3, -0.25) is 14.5 Å². The monoisotopic (exact) mass is 353 g/mol. The summed E-state index contributed by atoms with van der Waals surface area (Å²) in [4.78, 5) is 30.6. The molecule has 0 unspecified atom stereocenters. The summed E-state index contributed by atoms with van der Waals surface area (Å²) in [5, 5.41) is 3.97. The van der Waals surface area contributed by atoms with Gasteiger partial charge < -0.3 is 9.26 Å². The van der Waals surface area contributed by atoms with E-state index in [4.69, 9.17) is 9.26 Å². The standard InChI is InChI=1S/C19H19N3O4/c1-25-13-8-6-12(7-9-13)17-20-16(26-21-17)10-11-22-18(23)14-4-2-3-5-15(14)19(22)24/h2-3,6-9,14-15H,4-5,10-11H2,1H3/t14-,15-/m1/s1. The summed E-state index contributed by atoms with van der Waals surface area (Å²) >= 11 is 0. The molecule has 7 nitrogen and oxygen atoms in total. The molecule has 0 saturated carbocycles. The molecule has 0 N–H and O–H groups in total. The third kappa shape index (κ3) is 2.89. The zero-order chi connectivity index (χ0) is 18.1. The quantitative estimate of drug-likeness (QED) is 0.605. The second-order valence-electron chi connectivity index (χ2n) is 6.47. The molecule has 1 aliphatic heterocycles. The number of fused-ring (bicyclic) bond motifs is 1. The number of rotatable bonds is 5. The van der Waals surface area contributed by atoms with Crippen LogP contribution in [-0.4, -0.2) is 40.5 Å². The van der Waals surface area contributed by atoms with Crippen LogP contribution in [0.4, 0.5) is 0 Å². The second-order valence-corrected chi connectivity index (χ2v) is 6.47. The molecule has 26 heavy (non-hydrogen) atoms. The van der Waals surface area contributed by atoms with E-state index < -0.39 is 0 Å². The number of aromatic nitrogens is 2. The fourth-order valence-corrected chi connectivity index (χ4v) is 3.51. The first kappa shape index (κ1) is 16.5. The van der Waals surface area contributed by atoms with Crippen LogP contribution >= 0.6 is 0 Å². The number of carbonyl (C=O) groups excluding carboxylic acids is 2. The lowest BCUT2D eigenvalue weighted by molar-refractivity contribution is -0.139. The van der Waals surface area contributed by atoms with Gasteiger partial charge in [-0.15, -0.1) is 0 Å². The molecule has 1 aliphatic carbocycles. The predicted molar refractivity (Wildman–Crippen MR) is 92.1 cm³/mol. The Labute approximate surface area is 150 Å². The van der Waals surface area contributed by atoms with Crippen molar-refractivity contribution in [2.24, 2.45) is 11.8 Å². The number of nitrogens with zero attached hydrogens (tertiary/aromatic N) is 3. The second kappa shape index (κ2) is 6.74. The molecule has 7 heteroatoms. The van der Waals surface area contributed by atoms with E-state index >= 15 is 0 Å². The third-order valence-electron chi connectivity index (χ3n) is 4.96. The average molecular weight is 353 g/mol. The van der Waals surface area contributed by atoms with Crippen molar-refractivity contribution < 1.29 is 18.8 Å². The number of imide groups is 1. The van der Waals surface area contributed by atoms with Crippen LogP contribution in [0.2, 0.25) is 0 Å². The van der Waals surface area contributed by atoms with Gasteiger partial charge in [-0.1, -0.05) is 17.3 Å². The molecule has 0 spiro atoms. The summed E-state index contributed by atoms with van der Waals surface area (Å²) in [6, 6.07) is 7.34. The van der Waals surface area contributed by atoms with Crippen molar-refractivity contribution in [2.75, 3.05) is 13.7 Å². The minimum absolute atomic E-state index is 0.0840. The number of allylic oxidation sites excluding steroid dienone is 2. The van der Waals surface area contributed by atoms with Crippen LogP contribution in [0.1, 0.15) is 18.7 Å². The van der Waals surface area contributed by atoms with E-state index in [0.717, 1.165) is 11.3 Å². The van der Waals surface area contributed by atoms with Gasteiger partial charge in [0.25, 0.3) is 0 Å². The van der Waals surface area contributed by atoms with Crippen molar-refractivity contribution in [3.8, 4) is 17.1 Å². The summed E-state index contributed by atoms with van der Waals surface area (Å²) in [5.41, 5.74) is 0.811. The summed E-state index contributed by atoms with van der Waals surface area (Å²) in [6.07, 6.45) is 5.61. The molecule has 4 rings (SSSR count). The van der Waals surface area contributed by atoms with E-state index in [2.05, 4.69) is 10.1 Å². The molecular formula is C19H19N3O4. The fraction of sp³-hybridized carbons (Fsp3) is 0.368. The van der Waals surface area contributed by atoms with Gasteiger partial charge >= 0.3 is 0 Å². The molecule has 2 atom stereocenters. The molecule has 2 aliphatic rings. The van der Waals surface area contributed by atoms with Crippen LogP contribution in [0.25, 0.3) is 11.4 Å². The van der Waals surface area contributed by atoms with Crippen LogP contribution in [-0.2, 0) is 16.0 Å². The number of carbonyl (C=O) groups is 2. The Hall–Kier alpha value is -2.96. The topological polar surface area (TPSA) is 85.5 Å². The molecule has 0 radical (unpaired) electrons. The summed E-state index contributed by atoms with van der Waals surface area (Å²) < 4.78 is 10.4. The average Bonchev–Trinajstić information content (AvgIpc) is 3.25. The van der Waals surface area contributed by atoms with E-state index in [0.29, 0.717) is 31.0 Å². The maximum absolute atomic E-state index is 12.5. The highest BCUT2D eigenvalue weighted by atomic mass is 16.5. The van der Waals surface area contributed by atoms with Crippen LogP contribution in [0.5, 0.6) is 5.75 Å². The zero-order valence-electron chi connectivity index (χ0n) is 14.4. The number of hydrogen-bond acceptors (Lipinski definition) is 6. The first-order chi connectivity index (χ1) is 12.7. The van der Waals surface area contributed by atoms with Gasteiger partial charge in [-0.2, -0.15) is 4.98 Å². The molecular weight excluding hydrogens is 334 g/mol. The van der Waals surface area contributed by atoms with Gasteiger partial charge in [0.05, 0.1) is 18.9 Å². The van der Waals surface area contributed by atoms with Crippen LogP contribution in [0.3, 0.4) is 0 Å². The van der Waals surface area contributed by atoms with Crippen LogP contribution in [0, 0.1) is 11.8 Å². The maximum atomic E-state index is 12.5. The normalized spacial score (nSPS) is 22.0. The van der Waals surface area contributed by atoms with Gasteiger partial charge in [0.15, 0.2) is 0 Å². The third-order valence-corrected chi connectivity index (χ3v) is 4.96. The van der Waals surface area contributed by atoms with E-state index in [-0.39, 0.29) is 30.2 Å².